The molecule has 0 amide bonds. The van der Waals surface area contributed by atoms with Crippen LogP contribution < -0.4 is 5.73 Å². The Labute approximate surface area is 118 Å². The van der Waals surface area contributed by atoms with Gasteiger partial charge in [0.15, 0.2) is 0 Å². The van der Waals surface area contributed by atoms with Gasteiger partial charge in [0.25, 0.3) is 0 Å². The summed E-state index contributed by atoms with van der Waals surface area (Å²) in [4.78, 5) is 2.53. The number of hydrogen-bond acceptors (Lipinski definition) is 2. The molecule has 2 nitrogen and oxygen atoms in total. The Morgan fingerprint density at radius 2 is 1.74 bits per heavy atom. The summed E-state index contributed by atoms with van der Waals surface area (Å²) >= 11 is 0. The molecule has 2 N–H and O–H groups in total. The van der Waals surface area contributed by atoms with Gasteiger partial charge in [-0.05, 0) is 30.2 Å². The van der Waals surface area contributed by atoms with Crippen LogP contribution in [0.15, 0.2) is 18.2 Å². The normalized spacial score (nSPS) is 14.8. The molecule has 0 bridgehead atoms. The van der Waals surface area contributed by atoms with Gasteiger partial charge in [-0.2, -0.15) is 0 Å². The van der Waals surface area contributed by atoms with Gasteiger partial charge < -0.3 is 5.73 Å². The van der Waals surface area contributed by atoms with Gasteiger partial charge in [0.1, 0.15) is 0 Å². The van der Waals surface area contributed by atoms with Crippen LogP contribution >= 0.6 is 0 Å². The summed E-state index contributed by atoms with van der Waals surface area (Å²) in [6.07, 6.45) is 9.70. The van der Waals surface area contributed by atoms with Gasteiger partial charge in [0.05, 0.1) is 0 Å². The highest BCUT2D eigenvalue weighted by Gasteiger charge is 2.19. The van der Waals surface area contributed by atoms with Crippen LogP contribution in [-0.2, 0) is 13.1 Å². The van der Waals surface area contributed by atoms with E-state index in [2.05, 4.69) is 24.0 Å². The van der Waals surface area contributed by atoms with Crippen molar-refractivity contribution in [3.8, 4) is 0 Å². The van der Waals surface area contributed by atoms with E-state index in [1.807, 2.05) is 6.07 Å². The van der Waals surface area contributed by atoms with Gasteiger partial charge in [-0.25, -0.2) is 0 Å². The van der Waals surface area contributed by atoms with Crippen LogP contribution in [0.2, 0.25) is 0 Å². The zero-order valence-corrected chi connectivity index (χ0v) is 12.3. The minimum absolute atomic E-state index is 0.972. The molecule has 106 valence electrons. The molecule has 0 radical (unpaired) electrons. The Morgan fingerprint density at radius 3 is 2.47 bits per heavy atom. The van der Waals surface area contributed by atoms with Crippen LogP contribution in [0.4, 0.5) is 5.69 Å². The van der Waals surface area contributed by atoms with Crippen LogP contribution in [0.1, 0.15) is 63.0 Å². The topological polar surface area (TPSA) is 29.3 Å². The van der Waals surface area contributed by atoms with E-state index >= 15 is 0 Å². The first-order valence-electron chi connectivity index (χ1n) is 7.90. The number of fused-ring (bicyclic) bond motifs is 1. The number of nitrogen functional groups attached to an aromatic ring is 1. The first-order chi connectivity index (χ1) is 9.31. The standard InChI is InChI=1S/C17H28N2/c1-2-3-4-5-6-7-8-12-19-13-15-10-9-11-17(18)16(15)14-19/h9-11H,2-8,12-14,18H2,1H3. The molecule has 1 aromatic carbocycles. The molecule has 0 aromatic heterocycles. The Morgan fingerprint density at radius 1 is 1.00 bits per heavy atom. The lowest BCUT2D eigenvalue weighted by atomic mass is 10.1. The lowest BCUT2D eigenvalue weighted by molar-refractivity contribution is 0.276. The number of anilines is 1. The van der Waals surface area contributed by atoms with E-state index in [0.717, 1.165) is 18.8 Å². The number of benzene rings is 1. The molecular formula is C17H28N2. The maximum Gasteiger partial charge on any atom is 0.0363 e. The largest absolute Gasteiger partial charge is 0.398 e. The Bertz CT molecular complexity index is 387. The van der Waals surface area contributed by atoms with Gasteiger partial charge in [0, 0.05) is 18.8 Å². The van der Waals surface area contributed by atoms with Crippen molar-refractivity contribution in [2.45, 2.75) is 65.0 Å². The molecule has 19 heavy (non-hydrogen) atoms. The second kappa shape index (κ2) is 7.54. The fourth-order valence-electron chi connectivity index (χ4n) is 2.97. The van der Waals surface area contributed by atoms with Gasteiger partial charge >= 0.3 is 0 Å². The lowest BCUT2D eigenvalue weighted by Gasteiger charge is -2.14. The highest BCUT2D eigenvalue weighted by atomic mass is 15.1. The van der Waals surface area contributed by atoms with Crippen molar-refractivity contribution < 1.29 is 0 Å². The van der Waals surface area contributed by atoms with Gasteiger partial charge in [-0.15, -0.1) is 0 Å². The minimum atomic E-state index is 0.972. The molecule has 1 aromatic rings. The van der Waals surface area contributed by atoms with Crippen molar-refractivity contribution in [1.82, 2.24) is 4.90 Å². The Balaban J connectivity index is 1.61. The third kappa shape index (κ3) is 4.24. The summed E-state index contributed by atoms with van der Waals surface area (Å²) in [5, 5.41) is 0. The summed E-state index contributed by atoms with van der Waals surface area (Å²) in [6.45, 7) is 5.65. The number of nitrogens with two attached hydrogens (primary N) is 1. The SMILES string of the molecule is CCCCCCCCCN1Cc2cccc(N)c2C1. The second-order valence-corrected chi connectivity index (χ2v) is 5.82. The van der Waals surface area contributed by atoms with Crippen LogP contribution in [-0.4, -0.2) is 11.4 Å². The van der Waals surface area contributed by atoms with E-state index in [1.54, 1.807) is 0 Å². The van der Waals surface area contributed by atoms with Crippen LogP contribution in [0.25, 0.3) is 0 Å². The second-order valence-electron chi connectivity index (χ2n) is 5.82. The third-order valence-corrected chi connectivity index (χ3v) is 4.16. The first-order valence-corrected chi connectivity index (χ1v) is 7.90. The highest BCUT2D eigenvalue weighted by Crippen LogP contribution is 2.27. The van der Waals surface area contributed by atoms with Crippen molar-refractivity contribution in [3.05, 3.63) is 29.3 Å². The molecule has 0 saturated heterocycles. The average Bonchev–Trinajstić information content (AvgIpc) is 2.82. The van der Waals surface area contributed by atoms with Gasteiger partial charge in [-0.1, -0.05) is 57.6 Å². The summed E-state index contributed by atoms with van der Waals surface area (Å²) in [5.41, 5.74) is 9.80. The fraction of sp³-hybridized carbons (Fsp3) is 0.647. The molecule has 0 fully saturated rings. The van der Waals surface area contributed by atoms with Gasteiger partial charge in [0.2, 0.25) is 0 Å². The van der Waals surface area contributed by atoms with E-state index in [-0.39, 0.29) is 0 Å². The number of hydrogen-bond donors (Lipinski definition) is 1. The van der Waals surface area contributed by atoms with Crippen molar-refractivity contribution in [3.63, 3.8) is 0 Å². The first kappa shape index (κ1) is 14.4. The quantitative estimate of drug-likeness (QED) is 0.556. The van der Waals surface area contributed by atoms with E-state index < -0.39 is 0 Å². The fourth-order valence-corrected chi connectivity index (χ4v) is 2.97. The van der Waals surface area contributed by atoms with Gasteiger partial charge in [-0.3, -0.25) is 4.90 Å². The van der Waals surface area contributed by atoms with Crippen molar-refractivity contribution in [2.24, 2.45) is 0 Å². The van der Waals surface area contributed by atoms with Crippen LogP contribution in [0.3, 0.4) is 0 Å². The molecule has 1 heterocycles. The Kier molecular flexibility index (Phi) is 5.71. The molecule has 0 atom stereocenters. The van der Waals surface area contributed by atoms with Crippen LogP contribution in [0.5, 0.6) is 0 Å². The number of nitrogens with zero attached hydrogens (tertiary/aromatic N) is 1. The molecule has 0 saturated carbocycles. The molecular weight excluding hydrogens is 232 g/mol. The van der Waals surface area contributed by atoms with E-state index in [0.29, 0.717) is 0 Å². The molecule has 2 rings (SSSR count). The maximum atomic E-state index is 6.03. The van der Waals surface area contributed by atoms with E-state index in [1.165, 1.54) is 62.6 Å². The molecule has 0 aliphatic carbocycles. The predicted octanol–water partition coefficient (Wildman–Crippen LogP) is 4.34. The number of unbranched alkanes of at least 4 members (excludes halogenated alkanes) is 6. The Hall–Kier alpha value is -1.02. The summed E-state index contributed by atoms with van der Waals surface area (Å²) in [5.74, 6) is 0. The zero-order valence-electron chi connectivity index (χ0n) is 12.3. The molecule has 0 unspecified atom stereocenters. The smallest absolute Gasteiger partial charge is 0.0363 e. The van der Waals surface area contributed by atoms with Crippen molar-refractivity contribution >= 4 is 5.69 Å². The summed E-state index contributed by atoms with van der Waals surface area (Å²) < 4.78 is 0. The zero-order chi connectivity index (χ0) is 13.5. The minimum Gasteiger partial charge on any atom is -0.398 e. The lowest BCUT2D eigenvalue weighted by Crippen LogP contribution is -2.17. The summed E-state index contributed by atoms with van der Waals surface area (Å²) in [6, 6.07) is 6.32. The number of rotatable bonds is 8. The molecule has 2 heteroatoms. The average molecular weight is 260 g/mol. The van der Waals surface area contributed by atoms with Crippen LogP contribution in [0, 0.1) is 0 Å². The monoisotopic (exact) mass is 260 g/mol. The van der Waals surface area contributed by atoms with Crippen molar-refractivity contribution in [2.75, 3.05) is 12.3 Å². The van der Waals surface area contributed by atoms with E-state index in [4.69, 9.17) is 5.73 Å². The molecule has 1 aliphatic heterocycles. The van der Waals surface area contributed by atoms with E-state index in [9.17, 15) is 0 Å². The molecule has 1 aliphatic rings. The summed E-state index contributed by atoms with van der Waals surface area (Å²) in [7, 11) is 0. The predicted molar refractivity (Wildman–Crippen MR) is 83.0 cm³/mol. The molecule has 0 spiro atoms. The van der Waals surface area contributed by atoms with Crippen molar-refractivity contribution in [1.29, 1.82) is 0 Å². The highest BCUT2D eigenvalue weighted by molar-refractivity contribution is 5.52. The third-order valence-electron chi connectivity index (χ3n) is 4.16. The maximum absolute atomic E-state index is 6.03.